The lowest BCUT2D eigenvalue weighted by Gasteiger charge is -2.09. The number of pyridine rings is 1. The van der Waals surface area contributed by atoms with Crippen LogP contribution in [-0.2, 0) is 0 Å². The van der Waals surface area contributed by atoms with Gasteiger partial charge < -0.3 is 14.5 Å². The Labute approximate surface area is 154 Å². The van der Waals surface area contributed by atoms with Gasteiger partial charge >= 0.3 is 5.69 Å². The molecule has 136 valence electrons. The largest absolute Gasteiger partial charge is 0.361 e. The maximum absolute atomic E-state index is 12.0. The summed E-state index contributed by atoms with van der Waals surface area (Å²) in [5.74, 6) is 1.05. The molecule has 0 saturated heterocycles. The summed E-state index contributed by atoms with van der Waals surface area (Å²) < 4.78 is 6.53. The molecule has 4 aromatic rings. The van der Waals surface area contributed by atoms with Gasteiger partial charge in [-0.1, -0.05) is 5.16 Å². The lowest BCUT2D eigenvalue weighted by atomic mass is 9.95. The number of H-pyrrole nitrogens is 2. The number of nitrogens with zero attached hydrogens (tertiary/aromatic N) is 2. The molecule has 1 saturated carbocycles. The molecule has 3 heterocycles. The van der Waals surface area contributed by atoms with Crippen molar-refractivity contribution in [3.63, 3.8) is 0 Å². The Hall–Kier alpha value is -3.35. The summed E-state index contributed by atoms with van der Waals surface area (Å²) in [5.41, 5.74) is 6.46. The number of hydrogen-bond donors (Lipinski definition) is 3. The minimum atomic E-state index is -0.261. The van der Waals surface area contributed by atoms with Crippen molar-refractivity contribution in [3.05, 3.63) is 58.1 Å². The standard InChI is InChI=1S/C20H18N4O3/c1-10-17(11(2)27-23-10)13-8-15(18-16(9-13)21-20(25)22-18)14-4-3-7-24(26)19(14)12-5-6-12/h3-4,7-9,12H,5-6H2,1-2H3,(H2-,21,22,25,26)/p+1. The van der Waals surface area contributed by atoms with Crippen molar-refractivity contribution in [1.82, 2.24) is 15.1 Å². The quantitative estimate of drug-likeness (QED) is 0.384. The minimum Gasteiger partial charge on any atom is -0.361 e. The lowest BCUT2D eigenvalue weighted by molar-refractivity contribution is -0.909. The van der Waals surface area contributed by atoms with Gasteiger partial charge in [0, 0.05) is 27.8 Å². The van der Waals surface area contributed by atoms with Crippen molar-refractivity contribution < 1.29 is 14.5 Å². The average molecular weight is 363 g/mol. The summed E-state index contributed by atoms with van der Waals surface area (Å²) >= 11 is 0. The topological polar surface area (TPSA) is 98.8 Å². The van der Waals surface area contributed by atoms with Gasteiger partial charge in [-0.2, -0.15) is 0 Å². The molecule has 1 aliphatic carbocycles. The first-order valence-corrected chi connectivity index (χ1v) is 8.96. The Morgan fingerprint density at radius 2 is 2.04 bits per heavy atom. The Morgan fingerprint density at radius 3 is 2.74 bits per heavy atom. The predicted molar refractivity (Wildman–Crippen MR) is 98.7 cm³/mol. The third kappa shape index (κ3) is 2.46. The van der Waals surface area contributed by atoms with Crippen molar-refractivity contribution in [2.75, 3.05) is 0 Å². The summed E-state index contributed by atoms with van der Waals surface area (Å²) in [6.07, 6.45) is 3.74. The van der Waals surface area contributed by atoms with Crippen LogP contribution in [0.5, 0.6) is 0 Å². The molecule has 3 aromatic heterocycles. The fourth-order valence-corrected chi connectivity index (χ4v) is 3.90. The number of aryl methyl sites for hydroxylation is 2. The van der Waals surface area contributed by atoms with Crippen LogP contribution >= 0.6 is 0 Å². The average Bonchev–Trinajstić information content (AvgIpc) is 3.31. The molecule has 0 atom stereocenters. The second kappa shape index (κ2) is 5.57. The molecule has 27 heavy (non-hydrogen) atoms. The summed E-state index contributed by atoms with van der Waals surface area (Å²) in [4.78, 5) is 17.8. The van der Waals surface area contributed by atoms with E-state index < -0.39 is 0 Å². The van der Waals surface area contributed by atoms with Gasteiger partial charge in [-0.25, -0.2) is 4.79 Å². The van der Waals surface area contributed by atoms with E-state index in [1.54, 1.807) is 12.3 Å². The van der Waals surface area contributed by atoms with E-state index in [4.69, 9.17) is 4.52 Å². The van der Waals surface area contributed by atoms with Gasteiger partial charge in [0.1, 0.15) is 5.76 Å². The molecule has 0 radical (unpaired) electrons. The summed E-state index contributed by atoms with van der Waals surface area (Å²) in [6.45, 7) is 3.77. The zero-order valence-corrected chi connectivity index (χ0v) is 15.0. The van der Waals surface area contributed by atoms with Crippen LogP contribution in [0.15, 0.2) is 39.8 Å². The monoisotopic (exact) mass is 363 g/mol. The first kappa shape index (κ1) is 15.9. The van der Waals surface area contributed by atoms with Crippen molar-refractivity contribution in [3.8, 4) is 22.3 Å². The summed E-state index contributed by atoms with van der Waals surface area (Å²) in [7, 11) is 0. The van der Waals surface area contributed by atoms with E-state index in [1.807, 2.05) is 32.0 Å². The Balaban J connectivity index is 1.85. The van der Waals surface area contributed by atoms with Crippen LogP contribution in [0.25, 0.3) is 33.3 Å². The maximum Gasteiger partial charge on any atom is 0.323 e. The molecule has 0 amide bonds. The molecule has 1 aliphatic rings. The molecule has 0 spiro atoms. The molecule has 1 aromatic carbocycles. The van der Waals surface area contributed by atoms with E-state index in [9.17, 15) is 10.0 Å². The molecule has 0 bridgehead atoms. The molecule has 7 heteroatoms. The minimum absolute atomic E-state index is 0.261. The van der Waals surface area contributed by atoms with Crippen LogP contribution in [0.1, 0.15) is 35.9 Å². The molecular formula is C20H19N4O3+. The second-order valence-electron chi connectivity index (χ2n) is 7.15. The van der Waals surface area contributed by atoms with Crippen LogP contribution in [0, 0.1) is 13.8 Å². The molecule has 1 fully saturated rings. The van der Waals surface area contributed by atoms with E-state index >= 15 is 0 Å². The van der Waals surface area contributed by atoms with Crippen molar-refractivity contribution in [1.29, 1.82) is 0 Å². The first-order chi connectivity index (χ1) is 13.0. The number of hydrogen-bond acceptors (Lipinski definition) is 4. The van der Waals surface area contributed by atoms with Gasteiger partial charge in [0.25, 0.3) is 0 Å². The lowest BCUT2D eigenvalue weighted by Crippen LogP contribution is -2.35. The number of imidazole rings is 1. The Morgan fingerprint density at radius 1 is 1.22 bits per heavy atom. The van der Waals surface area contributed by atoms with Gasteiger partial charge in [-0.05, 0) is 50.5 Å². The maximum atomic E-state index is 12.0. The number of nitrogens with one attached hydrogen (secondary N) is 2. The number of aromatic nitrogens is 4. The molecular weight excluding hydrogens is 344 g/mol. The normalized spacial score (nSPS) is 14.1. The first-order valence-electron chi connectivity index (χ1n) is 8.96. The fourth-order valence-electron chi connectivity index (χ4n) is 3.90. The van der Waals surface area contributed by atoms with E-state index in [0.717, 1.165) is 57.8 Å². The van der Waals surface area contributed by atoms with Gasteiger partial charge in [0.2, 0.25) is 11.9 Å². The third-order valence-electron chi connectivity index (χ3n) is 5.21. The summed E-state index contributed by atoms with van der Waals surface area (Å²) in [5, 5.41) is 14.4. The highest BCUT2D eigenvalue weighted by molar-refractivity contribution is 5.96. The third-order valence-corrected chi connectivity index (χ3v) is 5.21. The van der Waals surface area contributed by atoms with E-state index in [1.165, 1.54) is 4.73 Å². The van der Waals surface area contributed by atoms with Gasteiger partial charge in [-0.15, -0.1) is 0 Å². The number of fused-ring (bicyclic) bond motifs is 1. The van der Waals surface area contributed by atoms with Crippen LogP contribution in [-0.4, -0.2) is 20.3 Å². The zero-order chi connectivity index (χ0) is 18.7. The van der Waals surface area contributed by atoms with Gasteiger partial charge in [-0.3, -0.25) is 5.21 Å². The molecule has 5 rings (SSSR count). The molecule has 0 unspecified atom stereocenters. The number of benzene rings is 1. The van der Waals surface area contributed by atoms with Crippen molar-refractivity contribution in [2.24, 2.45) is 0 Å². The predicted octanol–water partition coefficient (Wildman–Crippen LogP) is 3.20. The SMILES string of the molecule is Cc1noc(C)c1-c1cc(-c2ccc[n+](O)c2C2CC2)c2[nH]c(=O)[nH]c2c1. The van der Waals surface area contributed by atoms with Crippen LogP contribution < -0.4 is 10.4 Å². The van der Waals surface area contributed by atoms with E-state index in [0.29, 0.717) is 11.4 Å². The van der Waals surface area contributed by atoms with Crippen LogP contribution in [0.3, 0.4) is 0 Å². The van der Waals surface area contributed by atoms with E-state index in [-0.39, 0.29) is 5.69 Å². The highest BCUT2D eigenvalue weighted by Gasteiger charge is 2.36. The second-order valence-corrected chi connectivity index (χ2v) is 7.15. The molecule has 0 aliphatic heterocycles. The van der Waals surface area contributed by atoms with Crippen LogP contribution in [0.2, 0.25) is 0 Å². The van der Waals surface area contributed by atoms with Gasteiger partial charge in [0.15, 0.2) is 0 Å². The zero-order valence-electron chi connectivity index (χ0n) is 15.0. The summed E-state index contributed by atoms with van der Waals surface area (Å²) in [6, 6.07) is 7.74. The molecule has 3 N–H and O–H groups in total. The van der Waals surface area contributed by atoms with Crippen molar-refractivity contribution in [2.45, 2.75) is 32.6 Å². The highest BCUT2D eigenvalue weighted by Crippen LogP contribution is 2.44. The Kier molecular flexibility index (Phi) is 3.28. The van der Waals surface area contributed by atoms with Crippen molar-refractivity contribution >= 4 is 11.0 Å². The highest BCUT2D eigenvalue weighted by atomic mass is 16.5. The Bertz CT molecular complexity index is 1220. The van der Waals surface area contributed by atoms with Crippen LogP contribution in [0.4, 0.5) is 0 Å². The van der Waals surface area contributed by atoms with Gasteiger partial charge in [0.05, 0.1) is 22.3 Å². The van der Waals surface area contributed by atoms with E-state index in [2.05, 4.69) is 15.1 Å². The molecule has 7 nitrogen and oxygen atoms in total. The number of rotatable bonds is 3. The number of aromatic amines is 2. The smallest absolute Gasteiger partial charge is 0.323 e. The fraction of sp³-hybridized carbons (Fsp3) is 0.250.